The number of likely N-dealkylation sites (tertiary alicyclic amines) is 1. The van der Waals surface area contributed by atoms with Crippen LogP contribution in [-0.4, -0.2) is 49.4 Å². The number of carbonyl (C=O) groups is 1. The van der Waals surface area contributed by atoms with E-state index in [4.69, 9.17) is 0 Å². The number of alkyl halides is 3. The largest absolute Gasteiger partial charge is 0.434 e. The van der Waals surface area contributed by atoms with E-state index in [0.29, 0.717) is 29.4 Å². The van der Waals surface area contributed by atoms with Crippen molar-refractivity contribution in [2.45, 2.75) is 38.0 Å². The monoisotopic (exact) mass is 454 g/mol. The molecule has 4 heterocycles. The molecule has 1 saturated heterocycles. The molecule has 1 aliphatic heterocycles. The summed E-state index contributed by atoms with van der Waals surface area (Å²) in [7, 11) is 0. The summed E-state index contributed by atoms with van der Waals surface area (Å²) < 4.78 is 38.3. The van der Waals surface area contributed by atoms with Gasteiger partial charge in [-0.15, -0.1) is 0 Å². The van der Waals surface area contributed by atoms with Gasteiger partial charge in [-0.05, 0) is 49.4 Å². The molecular formula is C23H21F3N6O. The highest BCUT2D eigenvalue weighted by Crippen LogP contribution is 2.40. The summed E-state index contributed by atoms with van der Waals surface area (Å²) in [5, 5.41) is 3.18. The van der Waals surface area contributed by atoms with Gasteiger partial charge in [0.15, 0.2) is 5.69 Å². The molecule has 10 heteroatoms. The van der Waals surface area contributed by atoms with Crippen LogP contribution in [0.4, 0.5) is 19.0 Å². The Morgan fingerprint density at radius 2 is 1.79 bits per heavy atom. The predicted octanol–water partition coefficient (Wildman–Crippen LogP) is 3.98. The van der Waals surface area contributed by atoms with Crippen LogP contribution < -0.4 is 5.32 Å². The highest BCUT2D eigenvalue weighted by molar-refractivity contribution is 6.00. The van der Waals surface area contributed by atoms with Gasteiger partial charge in [0.25, 0.3) is 5.91 Å². The van der Waals surface area contributed by atoms with E-state index in [9.17, 15) is 18.0 Å². The number of rotatable bonds is 4. The van der Waals surface area contributed by atoms with Gasteiger partial charge in [0.05, 0.1) is 29.7 Å². The van der Waals surface area contributed by atoms with Crippen molar-refractivity contribution in [3.05, 3.63) is 65.9 Å². The fraction of sp³-hybridized carbons (Fsp3) is 0.348. The molecule has 0 radical (unpaired) electrons. The Morgan fingerprint density at radius 1 is 1.03 bits per heavy atom. The number of fused-ring (bicyclic) bond motifs is 2. The molecule has 3 aromatic rings. The molecule has 7 nitrogen and oxygen atoms in total. The average molecular weight is 454 g/mol. The number of carbonyl (C=O) groups excluding carboxylic acids is 1. The van der Waals surface area contributed by atoms with Crippen molar-refractivity contribution in [3.8, 4) is 11.4 Å². The molecule has 2 aliphatic rings. The van der Waals surface area contributed by atoms with Crippen LogP contribution in [0.1, 0.15) is 34.5 Å². The van der Waals surface area contributed by atoms with E-state index in [1.165, 1.54) is 0 Å². The Hall–Kier alpha value is -3.56. The smallest absolute Gasteiger partial charge is 0.364 e. The van der Waals surface area contributed by atoms with Crippen molar-refractivity contribution >= 4 is 11.7 Å². The number of hydrogen-bond donors (Lipinski definition) is 1. The molecule has 2 fully saturated rings. The van der Waals surface area contributed by atoms with Crippen molar-refractivity contribution in [3.63, 3.8) is 0 Å². The number of nitrogens with one attached hydrogen (secondary N) is 1. The lowest BCUT2D eigenvalue weighted by atomic mass is 10.0. The van der Waals surface area contributed by atoms with Crippen molar-refractivity contribution in [1.29, 1.82) is 0 Å². The molecule has 1 aliphatic carbocycles. The Labute approximate surface area is 188 Å². The fourth-order valence-electron chi connectivity index (χ4n) is 4.81. The van der Waals surface area contributed by atoms with E-state index in [2.05, 4.69) is 25.3 Å². The first-order chi connectivity index (χ1) is 15.8. The van der Waals surface area contributed by atoms with Crippen LogP contribution in [-0.2, 0) is 6.18 Å². The molecule has 1 N–H and O–H groups in total. The number of hydrogen-bond acceptors (Lipinski definition) is 6. The summed E-state index contributed by atoms with van der Waals surface area (Å²) in [5.74, 6) is 0.454. The summed E-state index contributed by atoms with van der Waals surface area (Å²) in [6, 6.07) is 7.04. The quantitative estimate of drug-likeness (QED) is 0.642. The maximum atomic E-state index is 13.6. The number of pyridine rings is 2. The fourth-order valence-corrected chi connectivity index (χ4v) is 4.81. The number of piperidine rings is 1. The molecule has 33 heavy (non-hydrogen) atoms. The maximum Gasteiger partial charge on any atom is 0.434 e. The zero-order valence-electron chi connectivity index (χ0n) is 17.8. The second-order valence-electron chi connectivity index (χ2n) is 8.47. The van der Waals surface area contributed by atoms with Crippen molar-refractivity contribution in [1.82, 2.24) is 24.8 Å². The van der Waals surface area contributed by atoms with Gasteiger partial charge in [0, 0.05) is 25.0 Å². The molecule has 0 unspecified atom stereocenters. The van der Waals surface area contributed by atoms with Crippen LogP contribution in [0.25, 0.3) is 11.4 Å². The first-order valence-electron chi connectivity index (χ1n) is 10.6. The van der Waals surface area contributed by atoms with Crippen LogP contribution in [0.2, 0.25) is 0 Å². The molecule has 5 rings (SSSR count). The van der Waals surface area contributed by atoms with Gasteiger partial charge in [-0.25, -0.2) is 9.97 Å². The van der Waals surface area contributed by atoms with E-state index < -0.39 is 11.9 Å². The molecule has 1 amide bonds. The SMILES string of the molecule is Cc1cccnc1-c1ncccc1C(=O)N1C[C@H]2C[C@@H](Nc3cnc(C(F)(F)F)cn3)[C@@H]1C2. The van der Waals surface area contributed by atoms with Gasteiger partial charge < -0.3 is 10.2 Å². The summed E-state index contributed by atoms with van der Waals surface area (Å²) in [5.41, 5.74) is 1.59. The minimum Gasteiger partial charge on any atom is -0.364 e. The normalized spacial score (nSPS) is 21.9. The minimum absolute atomic E-state index is 0.0931. The number of halogens is 3. The summed E-state index contributed by atoms with van der Waals surface area (Å²) in [6.45, 7) is 2.56. The Morgan fingerprint density at radius 3 is 2.45 bits per heavy atom. The highest BCUT2D eigenvalue weighted by atomic mass is 19.4. The van der Waals surface area contributed by atoms with Crippen molar-refractivity contribution in [2.75, 3.05) is 11.9 Å². The topological polar surface area (TPSA) is 83.9 Å². The molecule has 3 atom stereocenters. The lowest BCUT2D eigenvalue weighted by molar-refractivity contribution is -0.141. The third-order valence-corrected chi connectivity index (χ3v) is 6.29. The Kier molecular flexibility index (Phi) is 5.22. The standard InChI is InChI=1S/C23H21F3N6O/c1-13-4-2-6-27-20(13)21-15(5-3-7-28-21)22(33)32-12-14-8-16(17(32)9-14)31-19-11-29-18(10-30-19)23(24,25)26/h2-7,10-11,14,16-17H,8-9,12H2,1H3,(H,30,31)/t14-,16+,17-/m0/s1. The van der Waals surface area contributed by atoms with Crippen molar-refractivity contribution < 1.29 is 18.0 Å². The molecular weight excluding hydrogens is 433 g/mol. The van der Waals surface area contributed by atoms with Gasteiger partial charge in [-0.3, -0.25) is 14.8 Å². The van der Waals surface area contributed by atoms with Crippen LogP contribution in [0.15, 0.2) is 49.1 Å². The first kappa shape index (κ1) is 21.3. The van der Waals surface area contributed by atoms with Gasteiger partial charge in [0.1, 0.15) is 11.5 Å². The minimum atomic E-state index is -4.53. The lowest BCUT2D eigenvalue weighted by Gasteiger charge is -2.34. The zero-order valence-corrected chi connectivity index (χ0v) is 17.8. The Balaban J connectivity index is 1.37. The highest BCUT2D eigenvalue weighted by Gasteiger charge is 2.47. The van der Waals surface area contributed by atoms with E-state index >= 15 is 0 Å². The van der Waals surface area contributed by atoms with Crippen LogP contribution in [0.3, 0.4) is 0 Å². The second-order valence-corrected chi connectivity index (χ2v) is 8.47. The molecule has 170 valence electrons. The van der Waals surface area contributed by atoms with Gasteiger partial charge in [0.2, 0.25) is 0 Å². The third kappa shape index (κ3) is 4.01. The van der Waals surface area contributed by atoms with Crippen molar-refractivity contribution in [2.24, 2.45) is 5.92 Å². The summed E-state index contributed by atoms with van der Waals surface area (Å²) in [6.07, 6.45) is 2.23. The van der Waals surface area contributed by atoms with E-state index in [1.54, 1.807) is 24.5 Å². The van der Waals surface area contributed by atoms with Gasteiger partial charge in [-0.1, -0.05) is 6.07 Å². The lowest BCUT2D eigenvalue weighted by Crippen LogP contribution is -2.48. The molecule has 0 aromatic carbocycles. The predicted molar refractivity (Wildman–Crippen MR) is 114 cm³/mol. The maximum absolute atomic E-state index is 13.6. The number of nitrogens with zero attached hydrogens (tertiary/aromatic N) is 5. The molecule has 3 aromatic heterocycles. The summed E-state index contributed by atoms with van der Waals surface area (Å²) >= 11 is 0. The zero-order chi connectivity index (χ0) is 23.2. The van der Waals surface area contributed by atoms with E-state index in [-0.39, 0.29) is 23.8 Å². The number of aromatic nitrogens is 4. The van der Waals surface area contributed by atoms with Gasteiger partial charge in [-0.2, -0.15) is 13.2 Å². The van der Waals surface area contributed by atoms with E-state index in [1.807, 2.05) is 24.0 Å². The summed E-state index contributed by atoms with van der Waals surface area (Å²) in [4.78, 5) is 31.6. The first-order valence-corrected chi connectivity index (χ1v) is 10.6. The van der Waals surface area contributed by atoms with Crippen LogP contribution in [0.5, 0.6) is 0 Å². The van der Waals surface area contributed by atoms with Crippen LogP contribution >= 0.6 is 0 Å². The number of anilines is 1. The van der Waals surface area contributed by atoms with Gasteiger partial charge >= 0.3 is 6.18 Å². The average Bonchev–Trinajstić information content (AvgIpc) is 3.39. The molecule has 0 spiro atoms. The Bertz CT molecular complexity index is 1180. The number of amides is 1. The second kappa shape index (κ2) is 8.09. The molecule has 2 bridgehead atoms. The van der Waals surface area contributed by atoms with Crippen LogP contribution in [0, 0.1) is 12.8 Å². The third-order valence-electron chi connectivity index (χ3n) is 6.29. The molecule has 1 saturated carbocycles. The number of aryl methyl sites for hydroxylation is 1. The van der Waals surface area contributed by atoms with E-state index in [0.717, 1.165) is 30.8 Å².